The summed E-state index contributed by atoms with van der Waals surface area (Å²) < 4.78 is 5.95. The van der Waals surface area contributed by atoms with Crippen molar-refractivity contribution in [3.8, 4) is 5.75 Å². The van der Waals surface area contributed by atoms with Gasteiger partial charge in [-0.2, -0.15) is 0 Å². The predicted molar refractivity (Wildman–Crippen MR) is 89.5 cm³/mol. The standard InChI is InChI=1S/C16H21N3O3.ClH/c1-16(2)8-12(10-7-9(17)3-5-13(10)22-16)19-15(21)11-4-6-14(20)18-11;/h3,5,7,11-12H,4,6,8,17H2,1-2H3,(H,18,20)(H,19,21);1H. The minimum Gasteiger partial charge on any atom is -0.487 e. The van der Waals surface area contributed by atoms with Crippen molar-refractivity contribution in [3.63, 3.8) is 0 Å². The number of rotatable bonds is 2. The minimum absolute atomic E-state index is 0. The van der Waals surface area contributed by atoms with E-state index in [2.05, 4.69) is 10.6 Å². The van der Waals surface area contributed by atoms with E-state index in [4.69, 9.17) is 10.5 Å². The first-order chi connectivity index (χ1) is 10.3. The number of carbonyl (C=O) groups excluding carboxylic acids is 2. The number of fused-ring (bicyclic) bond motifs is 1. The third-order valence-corrected chi connectivity index (χ3v) is 4.12. The third kappa shape index (κ3) is 3.69. The molecule has 1 aromatic carbocycles. The Balaban J connectivity index is 0.00000192. The lowest BCUT2D eigenvalue weighted by atomic mass is 9.89. The molecular formula is C16H22ClN3O3. The SMILES string of the molecule is CC1(C)CC(NC(=O)C2CCC(=O)N2)c2cc(N)ccc2O1.Cl. The maximum atomic E-state index is 12.4. The second kappa shape index (κ2) is 6.28. The van der Waals surface area contributed by atoms with Crippen molar-refractivity contribution in [3.05, 3.63) is 23.8 Å². The summed E-state index contributed by atoms with van der Waals surface area (Å²) in [5.74, 6) is 0.519. The summed E-state index contributed by atoms with van der Waals surface area (Å²) in [4.78, 5) is 23.6. The summed E-state index contributed by atoms with van der Waals surface area (Å²) in [5.41, 5.74) is 7.00. The average Bonchev–Trinajstić information content (AvgIpc) is 2.85. The van der Waals surface area contributed by atoms with Crippen LogP contribution in [0.2, 0.25) is 0 Å². The summed E-state index contributed by atoms with van der Waals surface area (Å²) in [5, 5.41) is 5.72. The number of carbonyl (C=O) groups is 2. The Hall–Kier alpha value is -1.95. The van der Waals surface area contributed by atoms with Gasteiger partial charge in [-0.05, 0) is 38.5 Å². The first kappa shape index (κ1) is 17.4. The molecule has 23 heavy (non-hydrogen) atoms. The molecule has 7 heteroatoms. The molecule has 126 valence electrons. The maximum Gasteiger partial charge on any atom is 0.243 e. The number of nitrogens with two attached hydrogens (primary N) is 1. The second-order valence-corrected chi connectivity index (χ2v) is 6.58. The van der Waals surface area contributed by atoms with Gasteiger partial charge in [0, 0.05) is 24.1 Å². The highest BCUT2D eigenvalue weighted by Gasteiger charge is 2.36. The maximum absolute atomic E-state index is 12.4. The van der Waals surface area contributed by atoms with Crippen molar-refractivity contribution in [1.82, 2.24) is 10.6 Å². The van der Waals surface area contributed by atoms with Gasteiger partial charge >= 0.3 is 0 Å². The zero-order valence-corrected chi connectivity index (χ0v) is 14.0. The molecule has 2 heterocycles. The number of nitrogen functional groups attached to an aromatic ring is 1. The van der Waals surface area contributed by atoms with E-state index in [0.717, 1.165) is 11.3 Å². The van der Waals surface area contributed by atoms with Crippen LogP contribution < -0.4 is 21.1 Å². The topological polar surface area (TPSA) is 93.5 Å². The van der Waals surface area contributed by atoms with E-state index in [1.54, 1.807) is 6.07 Å². The second-order valence-electron chi connectivity index (χ2n) is 6.58. The third-order valence-electron chi connectivity index (χ3n) is 4.12. The van der Waals surface area contributed by atoms with Crippen LogP contribution in [0.1, 0.15) is 44.7 Å². The van der Waals surface area contributed by atoms with Gasteiger partial charge in [-0.25, -0.2) is 0 Å². The Labute approximate surface area is 141 Å². The van der Waals surface area contributed by atoms with Crippen molar-refractivity contribution in [2.75, 3.05) is 5.73 Å². The fourth-order valence-electron chi connectivity index (χ4n) is 3.08. The largest absolute Gasteiger partial charge is 0.487 e. The van der Waals surface area contributed by atoms with E-state index in [-0.39, 0.29) is 35.9 Å². The van der Waals surface area contributed by atoms with Gasteiger partial charge in [0.1, 0.15) is 17.4 Å². The van der Waals surface area contributed by atoms with Gasteiger partial charge in [-0.3, -0.25) is 9.59 Å². The molecule has 0 aliphatic carbocycles. The lowest BCUT2D eigenvalue weighted by molar-refractivity contribution is -0.126. The Morgan fingerprint density at radius 2 is 2.17 bits per heavy atom. The van der Waals surface area contributed by atoms with Crippen LogP contribution in [0, 0.1) is 0 Å². The number of ether oxygens (including phenoxy) is 1. The Morgan fingerprint density at radius 3 is 2.83 bits per heavy atom. The van der Waals surface area contributed by atoms with Crippen molar-refractivity contribution in [1.29, 1.82) is 0 Å². The molecule has 0 radical (unpaired) electrons. The molecule has 4 N–H and O–H groups in total. The van der Waals surface area contributed by atoms with Crippen LogP contribution in [-0.2, 0) is 9.59 Å². The first-order valence-electron chi connectivity index (χ1n) is 7.52. The minimum atomic E-state index is -0.442. The van der Waals surface area contributed by atoms with Crippen molar-refractivity contribution < 1.29 is 14.3 Å². The first-order valence-corrected chi connectivity index (χ1v) is 7.52. The molecule has 1 aromatic rings. The predicted octanol–water partition coefficient (Wildman–Crippen LogP) is 1.69. The van der Waals surface area contributed by atoms with E-state index < -0.39 is 6.04 Å². The number of halogens is 1. The summed E-state index contributed by atoms with van der Waals surface area (Å²) in [6, 6.07) is 4.84. The number of nitrogens with one attached hydrogen (secondary N) is 2. The van der Waals surface area contributed by atoms with Crippen LogP contribution >= 0.6 is 12.4 Å². The Kier molecular flexibility index (Phi) is 4.75. The molecule has 0 bridgehead atoms. The number of hydrogen-bond acceptors (Lipinski definition) is 4. The normalized spacial score (nSPS) is 24.7. The number of benzene rings is 1. The van der Waals surface area contributed by atoms with E-state index >= 15 is 0 Å². The number of anilines is 1. The quantitative estimate of drug-likeness (QED) is 0.715. The lowest BCUT2D eigenvalue weighted by Gasteiger charge is -2.38. The molecule has 2 amide bonds. The molecule has 2 atom stereocenters. The number of amides is 2. The fraction of sp³-hybridized carbons (Fsp3) is 0.500. The van der Waals surface area contributed by atoms with E-state index in [1.807, 2.05) is 26.0 Å². The molecule has 2 aliphatic heterocycles. The van der Waals surface area contributed by atoms with Gasteiger partial charge in [-0.15, -0.1) is 12.4 Å². The van der Waals surface area contributed by atoms with Crippen LogP contribution in [0.3, 0.4) is 0 Å². The zero-order valence-electron chi connectivity index (χ0n) is 13.2. The van der Waals surface area contributed by atoms with Gasteiger partial charge in [0.2, 0.25) is 11.8 Å². The highest BCUT2D eigenvalue weighted by molar-refractivity contribution is 5.91. The Morgan fingerprint density at radius 1 is 1.43 bits per heavy atom. The molecule has 1 saturated heterocycles. The molecule has 2 unspecified atom stereocenters. The molecule has 3 rings (SSSR count). The molecule has 1 fully saturated rings. The number of hydrogen-bond donors (Lipinski definition) is 3. The average molecular weight is 340 g/mol. The van der Waals surface area contributed by atoms with Crippen LogP contribution in [0.15, 0.2) is 18.2 Å². The van der Waals surface area contributed by atoms with Crippen molar-refractivity contribution >= 4 is 29.9 Å². The molecule has 6 nitrogen and oxygen atoms in total. The van der Waals surface area contributed by atoms with Crippen LogP contribution in [-0.4, -0.2) is 23.5 Å². The van der Waals surface area contributed by atoms with Crippen LogP contribution in [0.5, 0.6) is 5.75 Å². The summed E-state index contributed by atoms with van der Waals surface area (Å²) in [6.45, 7) is 3.98. The van der Waals surface area contributed by atoms with Gasteiger partial charge < -0.3 is 21.1 Å². The van der Waals surface area contributed by atoms with Crippen LogP contribution in [0.4, 0.5) is 5.69 Å². The zero-order chi connectivity index (χ0) is 15.9. The fourth-order valence-corrected chi connectivity index (χ4v) is 3.08. The van der Waals surface area contributed by atoms with Gasteiger partial charge in [-0.1, -0.05) is 0 Å². The lowest BCUT2D eigenvalue weighted by Crippen LogP contribution is -2.46. The van der Waals surface area contributed by atoms with Crippen LogP contribution in [0.25, 0.3) is 0 Å². The monoisotopic (exact) mass is 339 g/mol. The molecule has 0 aromatic heterocycles. The smallest absolute Gasteiger partial charge is 0.243 e. The molecule has 0 saturated carbocycles. The Bertz CT molecular complexity index is 633. The highest BCUT2D eigenvalue weighted by Crippen LogP contribution is 2.40. The van der Waals surface area contributed by atoms with Gasteiger partial charge in [0.25, 0.3) is 0 Å². The van der Waals surface area contributed by atoms with E-state index in [1.165, 1.54) is 0 Å². The van der Waals surface area contributed by atoms with Gasteiger partial charge in [0.05, 0.1) is 6.04 Å². The summed E-state index contributed by atoms with van der Waals surface area (Å²) >= 11 is 0. The van der Waals surface area contributed by atoms with Crippen molar-refractivity contribution in [2.24, 2.45) is 0 Å². The molecule has 2 aliphatic rings. The van der Waals surface area contributed by atoms with Gasteiger partial charge in [0.15, 0.2) is 0 Å². The van der Waals surface area contributed by atoms with Crippen molar-refractivity contribution in [2.45, 2.75) is 50.8 Å². The molecular weight excluding hydrogens is 318 g/mol. The van der Waals surface area contributed by atoms with E-state index in [9.17, 15) is 9.59 Å². The summed E-state index contributed by atoms with van der Waals surface area (Å²) in [7, 11) is 0. The molecule has 0 spiro atoms. The highest BCUT2D eigenvalue weighted by atomic mass is 35.5. The summed E-state index contributed by atoms with van der Waals surface area (Å²) in [6.07, 6.45) is 1.60. The van der Waals surface area contributed by atoms with E-state index in [0.29, 0.717) is 24.9 Å².